The van der Waals surface area contributed by atoms with E-state index in [1.807, 2.05) is 24.1 Å². The average Bonchev–Trinajstić information content (AvgIpc) is 2.86. The third-order valence-electron chi connectivity index (χ3n) is 4.40. The maximum Gasteiger partial charge on any atom is 0.246 e. The van der Waals surface area contributed by atoms with E-state index in [9.17, 15) is 4.79 Å². The van der Waals surface area contributed by atoms with Crippen molar-refractivity contribution in [3.8, 4) is 0 Å². The molecule has 7 heteroatoms. The van der Waals surface area contributed by atoms with E-state index in [1.54, 1.807) is 30.1 Å². The van der Waals surface area contributed by atoms with Crippen molar-refractivity contribution in [2.75, 3.05) is 26.2 Å². The van der Waals surface area contributed by atoms with Crippen molar-refractivity contribution in [1.29, 1.82) is 0 Å². The Hall–Kier alpha value is -2.18. The minimum absolute atomic E-state index is 0.0142. The molecule has 3 rings (SSSR count). The second kappa shape index (κ2) is 7.80. The summed E-state index contributed by atoms with van der Waals surface area (Å²) in [4.78, 5) is 20.8. The lowest BCUT2D eigenvalue weighted by molar-refractivity contribution is -0.127. The zero-order valence-corrected chi connectivity index (χ0v) is 15.3. The molecule has 0 saturated carbocycles. The van der Waals surface area contributed by atoms with Gasteiger partial charge in [-0.25, -0.2) is 0 Å². The van der Waals surface area contributed by atoms with E-state index in [2.05, 4.69) is 21.0 Å². The van der Waals surface area contributed by atoms with Gasteiger partial charge in [-0.1, -0.05) is 17.7 Å². The quantitative estimate of drug-likeness (QED) is 0.785. The van der Waals surface area contributed by atoms with Crippen molar-refractivity contribution >= 4 is 23.6 Å². The van der Waals surface area contributed by atoms with Gasteiger partial charge < -0.3 is 4.90 Å². The number of rotatable bonds is 4. The van der Waals surface area contributed by atoms with E-state index in [0.29, 0.717) is 5.15 Å². The van der Waals surface area contributed by atoms with E-state index < -0.39 is 0 Å². The first-order chi connectivity index (χ1) is 12.0. The summed E-state index contributed by atoms with van der Waals surface area (Å²) in [5.74, 6) is 0.0142. The van der Waals surface area contributed by atoms with Crippen LogP contribution in [0.3, 0.4) is 0 Å². The Bertz CT molecular complexity index is 763. The number of nitrogens with zero attached hydrogens (tertiary/aromatic N) is 5. The molecule has 3 heterocycles. The Morgan fingerprint density at radius 2 is 2.08 bits per heavy atom. The zero-order chi connectivity index (χ0) is 17.8. The minimum atomic E-state index is 0.0142. The maximum absolute atomic E-state index is 12.4. The topological polar surface area (TPSA) is 54.3 Å². The lowest BCUT2D eigenvalue weighted by Gasteiger charge is -2.34. The summed E-state index contributed by atoms with van der Waals surface area (Å²) in [6, 6.07) is 4.03. The Kier molecular flexibility index (Phi) is 5.50. The normalized spacial score (nSPS) is 15.9. The van der Waals surface area contributed by atoms with Gasteiger partial charge in [0.2, 0.25) is 5.91 Å². The summed E-state index contributed by atoms with van der Waals surface area (Å²) >= 11 is 6.19. The molecule has 0 unspecified atom stereocenters. The van der Waals surface area contributed by atoms with E-state index in [0.717, 1.165) is 44.0 Å². The highest BCUT2D eigenvalue weighted by Gasteiger charge is 2.20. The van der Waals surface area contributed by atoms with Gasteiger partial charge in [-0.3, -0.25) is 19.4 Å². The molecule has 1 aliphatic rings. The number of aryl methyl sites for hydroxylation is 2. The van der Waals surface area contributed by atoms with Gasteiger partial charge in [-0.2, -0.15) is 5.10 Å². The van der Waals surface area contributed by atoms with Crippen molar-refractivity contribution in [3.63, 3.8) is 0 Å². The SMILES string of the molecule is Cc1nn(C)c(Cl)c1/C=C/C(=O)N1CCN(Cc2cccnc2)CC1. The van der Waals surface area contributed by atoms with Crippen LogP contribution in [0.25, 0.3) is 6.08 Å². The van der Waals surface area contributed by atoms with E-state index in [4.69, 9.17) is 11.6 Å². The van der Waals surface area contributed by atoms with Crippen molar-refractivity contribution in [1.82, 2.24) is 24.6 Å². The van der Waals surface area contributed by atoms with Gasteiger partial charge in [0.15, 0.2) is 0 Å². The average molecular weight is 360 g/mol. The first-order valence-electron chi connectivity index (χ1n) is 8.32. The van der Waals surface area contributed by atoms with E-state index in [1.165, 1.54) is 5.56 Å². The summed E-state index contributed by atoms with van der Waals surface area (Å²) in [5, 5.41) is 4.79. The van der Waals surface area contributed by atoms with Crippen LogP contribution in [-0.4, -0.2) is 56.7 Å². The van der Waals surface area contributed by atoms with Crippen molar-refractivity contribution in [3.05, 3.63) is 52.6 Å². The van der Waals surface area contributed by atoms with Crippen LogP contribution in [-0.2, 0) is 18.4 Å². The summed E-state index contributed by atoms with van der Waals surface area (Å²) in [7, 11) is 1.79. The fraction of sp³-hybridized carbons (Fsp3) is 0.389. The molecule has 132 valence electrons. The van der Waals surface area contributed by atoms with Crippen molar-refractivity contribution < 1.29 is 4.79 Å². The number of hydrogen-bond acceptors (Lipinski definition) is 4. The van der Waals surface area contributed by atoms with Crippen LogP contribution < -0.4 is 0 Å². The molecule has 25 heavy (non-hydrogen) atoms. The zero-order valence-electron chi connectivity index (χ0n) is 14.5. The Balaban J connectivity index is 1.54. The van der Waals surface area contributed by atoms with Crippen molar-refractivity contribution in [2.24, 2.45) is 7.05 Å². The van der Waals surface area contributed by atoms with Gasteiger partial charge in [0.05, 0.1) is 5.69 Å². The second-order valence-corrected chi connectivity index (χ2v) is 6.57. The summed E-state index contributed by atoms with van der Waals surface area (Å²) in [5.41, 5.74) is 2.81. The van der Waals surface area contributed by atoms with Gasteiger partial charge in [-0.05, 0) is 24.6 Å². The molecule has 0 aliphatic carbocycles. The number of halogens is 1. The Morgan fingerprint density at radius 1 is 1.32 bits per heavy atom. The highest BCUT2D eigenvalue weighted by Crippen LogP contribution is 2.20. The molecular formula is C18H22ClN5O. The van der Waals surface area contributed by atoms with Crippen LogP contribution in [0.4, 0.5) is 0 Å². The van der Waals surface area contributed by atoms with Crippen molar-refractivity contribution in [2.45, 2.75) is 13.5 Å². The molecular weight excluding hydrogens is 338 g/mol. The van der Waals surface area contributed by atoms with Gasteiger partial charge >= 0.3 is 0 Å². The monoisotopic (exact) mass is 359 g/mol. The summed E-state index contributed by atoms with van der Waals surface area (Å²) < 4.78 is 1.61. The minimum Gasteiger partial charge on any atom is -0.337 e. The molecule has 1 aliphatic heterocycles. The molecule has 0 spiro atoms. The molecule has 1 saturated heterocycles. The number of pyridine rings is 1. The molecule has 0 bridgehead atoms. The third-order valence-corrected chi connectivity index (χ3v) is 4.85. The molecule has 6 nitrogen and oxygen atoms in total. The molecule has 2 aromatic heterocycles. The van der Waals surface area contributed by atoms with Crippen LogP contribution in [0, 0.1) is 6.92 Å². The molecule has 0 radical (unpaired) electrons. The van der Waals surface area contributed by atoms with Gasteiger partial charge in [0, 0.05) is 63.8 Å². The number of piperazine rings is 1. The predicted octanol–water partition coefficient (Wildman–Crippen LogP) is 2.13. The molecule has 1 amide bonds. The highest BCUT2D eigenvalue weighted by atomic mass is 35.5. The number of amides is 1. The van der Waals surface area contributed by atoms with Gasteiger partial charge in [0.25, 0.3) is 0 Å². The third kappa shape index (κ3) is 4.27. The van der Waals surface area contributed by atoms with Crippen LogP contribution in [0.1, 0.15) is 16.8 Å². The van der Waals surface area contributed by atoms with Gasteiger partial charge in [-0.15, -0.1) is 0 Å². The van der Waals surface area contributed by atoms with Crippen LogP contribution >= 0.6 is 11.6 Å². The first kappa shape index (κ1) is 17.6. The maximum atomic E-state index is 12.4. The molecule has 2 aromatic rings. The Labute approximate surface area is 152 Å². The molecule has 0 aromatic carbocycles. The highest BCUT2D eigenvalue weighted by molar-refractivity contribution is 6.31. The van der Waals surface area contributed by atoms with E-state index in [-0.39, 0.29) is 5.91 Å². The fourth-order valence-electron chi connectivity index (χ4n) is 2.97. The van der Waals surface area contributed by atoms with Crippen LogP contribution in [0.15, 0.2) is 30.6 Å². The molecule has 0 N–H and O–H groups in total. The summed E-state index contributed by atoms with van der Waals surface area (Å²) in [6.07, 6.45) is 7.02. The predicted molar refractivity (Wildman–Crippen MR) is 98.1 cm³/mol. The second-order valence-electron chi connectivity index (χ2n) is 6.21. The van der Waals surface area contributed by atoms with E-state index >= 15 is 0 Å². The summed E-state index contributed by atoms with van der Waals surface area (Å²) in [6.45, 7) is 5.93. The Morgan fingerprint density at radius 3 is 2.68 bits per heavy atom. The smallest absolute Gasteiger partial charge is 0.246 e. The lowest BCUT2D eigenvalue weighted by atomic mass is 10.2. The molecule has 0 atom stereocenters. The fourth-order valence-corrected chi connectivity index (χ4v) is 3.21. The molecule has 1 fully saturated rings. The lowest BCUT2D eigenvalue weighted by Crippen LogP contribution is -2.47. The van der Waals surface area contributed by atoms with Crippen LogP contribution in [0.2, 0.25) is 5.15 Å². The number of aromatic nitrogens is 3. The van der Waals surface area contributed by atoms with Gasteiger partial charge in [0.1, 0.15) is 5.15 Å². The first-order valence-corrected chi connectivity index (χ1v) is 8.69. The number of carbonyl (C=O) groups is 1. The number of carbonyl (C=O) groups excluding carboxylic acids is 1. The number of hydrogen-bond donors (Lipinski definition) is 0. The van der Waals surface area contributed by atoms with Crippen LogP contribution in [0.5, 0.6) is 0 Å². The largest absolute Gasteiger partial charge is 0.337 e. The standard InChI is InChI=1S/C18H22ClN5O/c1-14-16(18(19)22(2)21-14)5-6-17(25)24-10-8-23(9-11-24)13-15-4-3-7-20-12-15/h3-7,12H,8-11,13H2,1-2H3/b6-5+.